The number of fused-ring (bicyclic) bond motifs is 1. The number of nitrogens with two attached hydrogens (primary N) is 1. The van der Waals surface area contributed by atoms with Crippen molar-refractivity contribution in [2.45, 2.75) is 13.5 Å². The predicted octanol–water partition coefficient (Wildman–Crippen LogP) is -1.74. The molecule has 132 valence electrons. The number of rotatable bonds is 2. The minimum absolute atomic E-state index is 0.0352. The highest BCUT2D eigenvalue weighted by Gasteiger charge is 2.25. The Kier molecular flexibility index (Phi) is 4.33. The highest BCUT2D eigenvalue weighted by Crippen LogP contribution is 2.20. The van der Waals surface area contributed by atoms with Gasteiger partial charge in [0.2, 0.25) is 5.95 Å². The smallest absolute Gasteiger partial charge is 0.340 e. The molecular formula is C15H19N7O3. The third-order valence-electron chi connectivity index (χ3n) is 4.16. The average molecular weight is 345 g/mol. The lowest BCUT2D eigenvalue weighted by molar-refractivity contribution is 0.249. The molecule has 3 rings (SSSR count). The van der Waals surface area contributed by atoms with Crippen molar-refractivity contribution >= 4 is 23.1 Å². The number of carbonyl (C=O) groups is 1. The van der Waals surface area contributed by atoms with Crippen LogP contribution in [0.25, 0.3) is 11.2 Å². The van der Waals surface area contributed by atoms with Crippen LogP contribution in [0.2, 0.25) is 0 Å². The molecule has 10 nitrogen and oxygen atoms in total. The van der Waals surface area contributed by atoms with Crippen LogP contribution in [0.1, 0.15) is 6.92 Å². The number of anilines is 1. The van der Waals surface area contributed by atoms with Gasteiger partial charge < -0.3 is 16.0 Å². The van der Waals surface area contributed by atoms with Gasteiger partial charge in [-0.25, -0.2) is 9.59 Å². The molecule has 10 heteroatoms. The number of imidazole rings is 1. The first-order valence-electron chi connectivity index (χ1n) is 7.84. The minimum atomic E-state index is -0.983. The molecule has 0 bridgehead atoms. The molecule has 3 N–H and O–H groups in total. The molecule has 2 aromatic heterocycles. The summed E-state index contributed by atoms with van der Waals surface area (Å²) < 4.78 is 3.21. The number of hydrogen-bond donors (Lipinski definition) is 2. The topological polar surface area (TPSA) is 120 Å². The second kappa shape index (κ2) is 6.45. The molecule has 1 amide bonds. The van der Waals surface area contributed by atoms with Crippen LogP contribution >= 0.6 is 0 Å². The quantitative estimate of drug-likeness (QED) is 0.623. The van der Waals surface area contributed by atoms with Gasteiger partial charge in [0, 0.05) is 33.2 Å². The van der Waals surface area contributed by atoms with Crippen molar-refractivity contribution in [3.63, 3.8) is 0 Å². The Morgan fingerprint density at radius 3 is 2.60 bits per heavy atom. The van der Waals surface area contributed by atoms with E-state index in [1.54, 1.807) is 11.5 Å². The van der Waals surface area contributed by atoms with E-state index in [0.29, 0.717) is 19.0 Å². The van der Waals surface area contributed by atoms with E-state index in [0.717, 1.165) is 22.2 Å². The Morgan fingerprint density at radius 1 is 1.32 bits per heavy atom. The maximum Gasteiger partial charge on any atom is 0.340 e. The second-order valence-electron chi connectivity index (χ2n) is 5.65. The van der Waals surface area contributed by atoms with E-state index in [-0.39, 0.29) is 17.7 Å². The lowest BCUT2D eigenvalue weighted by Crippen LogP contribution is -2.44. The third kappa shape index (κ3) is 2.68. The molecule has 0 spiro atoms. The fourth-order valence-corrected chi connectivity index (χ4v) is 2.89. The van der Waals surface area contributed by atoms with Crippen LogP contribution in [-0.2, 0) is 13.6 Å². The van der Waals surface area contributed by atoms with Crippen LogP contribution in [0.15, 0.2) is 9.59 Å². The Balaban J connectivity index is 2.39. The molecule has 0 aromatic carbocycles. The van der Waals surface area contributed by atoms with Crippen molar-refractivity contribution in [1.29, 1.82) is 0 Å². The maximum atomic E-state index is 12.7. The first kappa shape index (κ1) is 16.8. The number of nitrogens with zero attached hydrogens (tertiary/aromatic N) is 5. The number of aromatic nitrogens is 4. The van der Waals surface area contributed by atoms with Crippen molar-refractivity contribution in [2.24, 2.45) is 12.8 Å². The fraction of sp³-hybridized carbons (Fsp3) is 0.467. The summed E-state index contributed by atoms with van der Waals surface area (Å²) in [5.74, 6) is 6.19. The Morgan fingerprint density at radius 2 is 2.00 bits per heavy atom. The van der Waals surface area contributed by atoms with Gasteiger partial charge in [-0.15, -0.1) is 5.92 Å². The van der Waals surface area contributed by atoms with Gasteiger partial charge in [-0.05, 0) is 6.92 Å². The van der Waals surface area contributed by atoms with Gasteiger partial charge in [-0.3, -0.25) is 13.9 Å². The van der Waals surface area contributed by atoms with E-state index in [1.807, 2.05) is 4.90 Å². The lowest BCUT2D eigenvalue weighted by Gasteiger charge is -2.28. The third-order valence-corrected chi connectivity index (χ3v) is 4.16. The molecule has 0 radical (unpaired) electrons. The van der Waals surface area contributed by atoms with Crippen LogP contribution in [0.4, 0.5) is 10.7 Å². The van der Waals surface area contributed by atoms with Crippen molar-refractivity contribution in [2.75, 3.05) is 31.1 Å². The minimum Gasteiger partial charge on any atom is -0.351 e. The molecule has 0 saturated carbocycles. The summed E-state index contributed by atoms with van der Waals surface area (Å²) in [6.07, 6.45) is 0. The van der Waals surface area contributed by atoms with Crippen LogP contribution < -0.4 is 27.2 Å². The monoisotopic (exact) mass is 345 g/mol. The summed E-state index contributed by atoms with van der Waals surface area (Å²) in [5.41, 5.74) is 4.09. The van der Waals surface area contributed by atoms with Gasteiger partial charge in [-0.1, -0.05) is 5.92 Å². The first-order chi connectivity index (χ1) is 12.0. The molecular weight excluding hydrogens is 326 g/mol. The van der Waals surface area contributed by atoms with Gasteiger partial charge >= 0.3 is 11.7 Å². The summed E-state index contributed by atoms with van der Waals surface area (Å²) in [6, 6.07) is -0.983. The molecule has 0 atom stereocenters. The summed E-state index contributed by atoms with van der Waals surface area (Å²) >= 11 is 0. The molecule has 25 heavy (non-hydrogen) atoms. The van der Waals surface area contributed by atoms with Gasteiger partial charge in [0.05, 0.1) is 6.54 Å². The van der Waals surface area contributed by atoms with E-state index in [2.05, 4.69) is 22.1 Å². The average Bonchev–Trinajstić information content (AvgIpc) is 2.97. The first-order valence-corrected chi connectivity index (χ1v) is 7.84. The maximum absolute atomic E-state index is 12.7. The predicted molar refractivity (Wildman–Crippen MR) is 92.7 cm³/mol. The number of piperazine rings is 1. The van der Waals surface area contributed by atoms with Crippen LogP contribution in [-0.4, -0.2) is 50.9 Å². The fourth-order valence-electron chi connectivity index (χ4n) is 2.89. The Bertz CT molecular complexity index is 1010. The highest BCUT2D eigenvalue weighted by atomic mass is 16.2. The molecule has 2 aromatic rings. The summed E-state index contributed by atoms with van der Waals surface area (Å²) in [7, 11) is 1.30. The molecule has 0 aliphatic carbocycles. The van der Waals surface area contributed by atoms with Crippen molar-refractivity contribution in [3.05, 3.63) is 20.8 Å². The van der Waals surface area contributed by atoms with Crippen molar-refractivity contribution in [3.8, 4) is 11.8 Å². The van der Waals surface area contributed by atoms with Gasteiger partial charge in [-0.2, -0.15) is 9.55 Å². The van der Waals surface area contributed by atoms with E-state index in [1.165, 1.54) is 7.05 Å². The Hall–Kier alpha value is -3.06. The molecule has 1 aliphatic rings. The van der Waals surface area contributed by atoms with E-state index >= 15 is 0 Å². The molecule has 1 fully saturated rings. The van der Waals surface area contributed by atoms with E-state index in [9.17, 15) is 14.4 Å². The Labute approximate surface area is 142 Å². The lowest BCUT2D eigenvalue weighted by atomic mass is 10.4. The van der Waals surface area contributed by atoms with Crippen LogP contribution in [0.5, 0.6) is 0 Å². The zero-order valence-electron chi connectivity index (χ0n) is 14.1. The molecule has 3 heterocycles. The zero-order chi connectivity index (χ0) is 18.1. The van der Waals surface area contributed by atoms with E-state index < -0.39 is 17.3 Å². The number of nitrogens with one attached hydrogen (secondary N) is 1. The summed E-state index contributed by atoms with van der Waals surface area (Å²) in [4.78, 5) is 43.1. The number of carbonyl (C=O) groups excluding carboxylic acids is 1. The summed E-state index contributed by atoms with van der Waals surface area (Å²) in [5, 5.41) is 3.24. The second-order valence-corrected chi connectivity index (χ2v) is 5.65. The van der Waals surface area contributed by atoms with Gasteiger partial charge in [0.15, 0.2) is 11.2 Å². The standard InChI is InChI=1S/C15H19N7O3/c1-3-4-7-21-10-11(18-14(21)20-8-5-17-6-9-20)22(13(16)24)15(25)19(2)12(10)23/h17H,5-9H2,1-2H3,(H2,16,24). The van der Waals surface area contributed by atoms with Crippen molar-refractivity contribution < 1.29 is 4.79 Å². The number of primary amides is 1. The van der Waals surface area contributed by atoms with Crippen LogP contribution in [0.3, 0.4) is 0 Å². The molecule has 0 unspecified atom stereocenters. The van der Waals surface area contributed by atoms with Crippen LogP contribution in [0, 0.1) is 11.8 Å². The SMILES string of the molecule is CC#CCn1c(N2CCNCC2)nc2c1c(=O)n(C)c(=O)n2C(N)=O. The highest BCUT2D eigenvalue weighted by molar-refractivity contribution is 5.86. The molecule has 1 saturated heterocycles. The van der Waals surface area contributed by atoms with E-state index in [4.69, 9.17) is 5.73 Å². The molecule has 1 aliphatic heterocycles. The summed E-state index contributed by atoms with van der Waals surface area (Å²) in [6.45, 7) is 4.82. The zero-order valence-corrected chi connectivity index (χ0v) is 14.1. The normalized spacial score (nSPS) is 14.4. The van der Waals surface area contributed by atoms with Crippen molar-refractivity contribution in [1.82, 2.24) is 24.0 Å². The van der Waals surface area contributed by atoms with Gasteiger partial charge in [0.25, 0.3) is 5.56 Å². The number of hydrogen-bond acceptors (Lipinski definition) is 6. The largest absolute Gasteiger partial charge is 0.351 e. The van der Waals surface area contributed by atoms with Gasteiger partial charge in [0.1, 0.15) is 0 Å². The number of amides is 1.